The SMILES string of the molecule is COCCNC(=S)N[C@H]1C[C@H]2C(=O)NC[C@@H](CCC(=O)N3CCN(c4ccccn4)CC3)N2C1. The number of anilines is 1. The van der Waals surface area contributed by atoms with E-state index in [1.54, 1.807) is 13.3 Å². The molecule has 0 bridgehead atoms. The fraction of sp³-hybridized carbons (Fsp3) is 0.652. The van der Waals surface area contributed by atoms with Gasteiger partial charge in [-0.3, -0.25) is 14.5 Å². The summed E-state index contributed by atoms with van der Waals surface area (Å²) in [5, 5.41) is 10.1. The molecule has 1 aromatic heterocycles. The first-order valence-corrected chi connectivity index (χ1v) is 12.5. The smallest absolute Gasteiger partial charge is 0.237 e. The van der Waals surface area contributed by atoms with Crippen LogP contribution in [0.15, 0.2) is 24.4 Å². The molecule has 10 nitrogen and oxygen atoms in total. The first kappa shape index (κ1) is 24.6. The van der Waals surface area contributed by atoms with Crippen LogP contribution in [0.3, 0.4) is 0 Å². The van der Waals surface area contributed by atoms with Crippen molar-refractivity contribution in [2.24, 2.45) is 0 Å². The van der Waals surface area contributed by atoms with Gasteiger partial charge in [-0.1, -0.05) is 6.07 Å². The summed E-state index contributed by atoms with van der Waals surface area (Å²) in [5.41, 5.74) is 0. The number of thiocarbonyl (C=S) groups is 1. The highest BCUT2D eigenvalue weighted by Gasteiger charge is 2.43. The van der Waals surface area contributed by atoms with Crippen LogP contribution in [0.1, 0.15) is 19.3 Å². The Morgan fingerprint density at radius 2 is 2.12 bits per heavy atom. The lowest BCUT2D eigenvalue weighted by Crippen LogP contribution is -2.58. The van der Waals surface area contributed by atoms with Gasteiger partial charge in [0.25, 0.3) is 0 Å². The van der Waals surface area contributed by atoms with Crippen LogP contribution in [0.5, 0.6) is 0 Å². The second kappa shape index (κ2) is 11.8. The van der Waals surface area contributed by atoms with Gasteiger partial charge in [0.05, 0.1) is 12.6 Å². The highest BCUT2D eigenvalue weighted by molar-refractivity contribution is 7.80. The molecule has 0 saturated carbocycles. The maximum atomic E-state index is 12.9. The number of pyridine rings is 1. The van der Waals surface area contributed by atoms with Crippen molar-refractivity contribution in [1.29, 1.82) is 0 Å². The van der Waals surface area contributed by atoms with Crippen LogP contribution < -0.4 is 20.9 Å². The van der Waals surface area contributed by atoms with E-state index in [1.165, 1.54) is 0 Å². The zero-order valence-corrected chi connectivity index (χ0v) is 20.6. The zero-order chi connectivity index (χ0) is 23.9. The first-order chi connectivity index (χ1) is 16.5. The highest BCUT2D eigenvalue weighted by atomic mass is 32.1. The van der Waals surface area contributed by atoms with Crippen LogP contribution in [0, 0.1) is 0 Å². The van der Waals surface area contributed by atoms with Gasteiger partial charge in [-0.05, 0) is 37.2 Å². The summed E-state index contributed by atoms with van der Waals surface area (Å²) in [6.07, 6.45) is 3.73. The fourth-order valence-electron chi connectivity index (χ4n) is 5.03. The van der Waals surface area contributed by atoms with E-state index in [0.717, 1.165) is 31.9 Å². The molecule has 0 unspecified atom stereocenters. The number of rotatable bonds is 8. The number of fused-ring (bicyclic) bond motifs is 1. The molecule has 0 radical (unpaired) electrons. The third kappa shape index (κ3) is 6.13. The summed E-state index contributed by atoms with van der Waals surface area (Å²) >= 11 is 5.37. The molecule has 3 saturated heterocycles. The predicted molar refractivity (Wildman–Crippen MR) is 134 cm³/mol. The zero-order valence-electron chi connectivity index (χ0n) is 19.7. The number of hydrogen-bond donors (Lipinski definition) is 3. The molecule has 4 heterocycles. The molecule has 0 aromatic carbocycles. The molecule has 2 amide bonds. The molecule has 1 aromatic rings. The Kier molecular flexibility index (Phi) is 8.52. The lowest BCUT2D eigenvalue weighted by atomic mass is 10.0. The molecule has 34 heavy (non-hydrogen) atoms. The Labute approximate surface area is 206 Å². The topological polar surface area (TPSA) is 102 Å². The normalized spacial score (nSPS) is 25.0. The standard InChI is InChI=1S/C23H35N7O3S/c1-33-13-8-25-23(34)27-17-14-19-22(32)26-15-18(30(19)16-17)5-6-21(31)29-11-9-28(10-12-29)20-4-2-3-7-24-20/h2-4,7,17-19H,5-6,8-16H2,1H3,(H,26,32)(H2,25,27,34)/t17-,18+,19-/m0/s1. The number of methoxy groups -OCH3 is 1. The van der Waals surface area contributed by atoms with Crippen LogP contribution >= 0.6 is 12.2 Å². The Morgan fingerprint density at radius 1 is 1.29 bits per heavy atom. The van der Waals surface area contributed by atoms with Gasteiger partial charge in [-0.15, -0.1) is 0 Å². The molecule has 3 fully saturated rings. The van der Waals surface area contributed by atoms with E-state index in [1.807, 2.05) is 23.1 Å². The summed E-state index contributed by atoms with van der Waals surface area (Å²) in [5.74, 6) is 1.21. The summed E-state index contributed by atoms with van der Waals surface area (Å²) in [4.78, 5) is 36.2. The molecule has 0 aliphatic carbocycles. The van der Waals surface area contributed by atoms with E-state index < -0.39 is 0 Å². The number of amides is 2. The van der Waals surface area contributed by atoms with Crippen LogP contribution in [0.25, 0.3) is 0 Å². The Morgan fingerprint density at radius 3 is 2.85 bits per heavy atom. The number of nitrogens with zero attached hydrogens (tertiary/aromatic N) is 4. The van der Waals surface area contributed by atoms with Gasteiger partial charge in [0.2, 0.25) is 11.8 Å². The van der Waals surface area contributed by atoms with Crippen molar-refractivity contribution in [1.82, 2.24) is 30.7 Å². The number of aromatic nitrogens is 1. The molecule has 11 heteroatoms. The number of carbonyl (C=O) groups excluding carboxylic acids is 2. The van der Waals surface area contributed by atoms with E-state index in [9.17, 15) is 9.59 Å². The van der Waals surface area contributed by atoms with Crippen molar-refractivity contribution >= 4 is 35.0 Å². The molecule has 0 spiro atoms. The molecule has 186 valence electrons. The quantitative estimate of drug-likeness (QED) is 0.331. The largest absolute Gasteiger partial charge is 0.383 e. The minimum Gasteiger partial charge on any atom is -0.383 e. The molecule has 3 atom stereocenters. The van der Waals surface area contributed by atoms with Crippen LogP contribution in [0.2, 0.25) is 0 Å². The van der Waals surface area contributed by atoms with Crippen molar-refractivity contribution in [3.63, 3.8) is 0 Å². The fourth-order valence-corrected chi connectivity index (χ4v) is 5.29. The first-order valence-electron chi connectivity index (χ1n) is 12.1. The van der Waals surface area contributed by atoms with Crippen molar-refractivity contribution in [2.75, 3.05) is 64.4 Å². The maximum Gasteiger partial charge on any atom is 0.237 e. The number of carbonyl (C=O) groups is 2. The van der Waals surface area contributed by atoms with Crippen molar-refractivity contribution < 1.29 is 14.3 Å². The Bertz CT molecular complexity index is 850. The van der Waals surface area contributed by atoms with Gasteiger partial charge in [-0.25, -0.2) is 4.98 Å². The lowest BCUT2D eigenvalue weighted by molar-refractivity contribution is -0.132. The summed E-state index contributed by atoms with van der Waals surface area (Å²) < 4.78 is 5.04. The van der Waals surface area contributed by atoms with Crippen LogP contribution in [-0.4, -0.2) is 109 Å². The number of hydrogen-bond acceptors (Lipinski definition) is 7. The van der Waals surface area contributed by atoms with Crippen LogP contribution in [0.4, 0.5) is 5.82 Å². The van der Waals surface area contributed by atoms with Gasteiger partial charge < -0.3 is 30.5 Å². The van der Waals surface area contributed by atoms with Gasteiger partial charge in [0, 0.05) is 77.6 Å². The number of ether oxygens (including phenoxy) is 1. The maximum absolute atomic E-state index is 12.9. The molecule has 3 aliphatic rings. The summed E-state index contributed by atoms with van der Waals surface area (Å²) in [7, 11) is 1.65. The highest BCUT2D eigenvalue weighted by Crippen LogP contribution is 2.26. The molecular formula is C23H35N7O3S. The molecule has 3 aliphatic heterocycles. The van der Waals surface area contributed by atoms with E-state index in [-0.39, 0.29) is 29.9 Å². The van der Waals surface area contributed by atoms with Crippen molar-refractivity contribution in [3.05, 3.63) is 24.4 Å². The molecule has 4 rings (SSSR count). The number of nitrogens with one attached hydrogen (secondary N) is 3. The van der Waals surface area contributed by atoms with Gasteiger partial charge in [-0.2, -0.15) is 0 Å². The molecule has 3 N–H and O–H groups in total. The second-order valence-electron chi connectivity index (χ2n) is 9.03. The Balaban J connectivity index is 1.23. The summed E-state index contributed by atoms with van der Waals surface area (Å²) in [6.45, 7) is 5.56. The third-order valence-electron chi connectivity index (χ3n) is 6.85. The van der Waals surface area contributed by atoms with Gasteiger partial charge >= 0.3 is 0 Å². The number of piperazine rings is 2. The van der Waals surface area contributed by atoms with Crippen molar-refractivity contribution in [2.45, 2.75) is 37.4 Å². The molecular weight excluding hydrogens is 454 g/mol. The van der Waals surface area contributed by atoms with Gasteiger partial charge in [0.15, 0.2) is 5.11 Å². The van der Waals surface area contributed by atoms with Crippen molar-refractivity contribution in [3.8, 4) is 0 Å². The van der Waals surface area contributed by atoms with E-state index in [4.69, 9.17) is 17.0 Å². The third-order valence-corrected chi connectivity index (χ3v) is 7.11. The predicted octanol–water partition coefficient (Wildman–Crippen LogP) is -0.438. The van der Waals surface area contributed by atoms with E-state index in [0.29, 0.717) is 50.7 Å². The average Bonchev–Trinajstić information content (AvgIpc) is 3.29. The summed E-state index contributed by atoms with van der Waals surface area (Å²) in [6, 6.07) is 5.99. The minimum absolute atomic E-state index is 0.0655. The second-order valence-corrected chi connectivity index (χ2v) is 9.44. The lowest BCUT2D eigenvalue weighted by Gasteiger charge is -2.38. The Hall–Kier alpha value is -2.50. The minimum atomic E-state index is -0.171. The van der Waals surface area contributed by atoms with E-state index in [2.05, 4.69) is 30.7 Å². The monoisotopic (exact) mass is 489 g/mol. The van der Waals surface area contributed by atoms with E-state index >= 15 is 0 Å². The average molecular weight is 490 g/mol. The van der Waals surface area contributed by atoms with Crippen LogP contribution in [-0.2, 0) is 14.3 Å². The van der Waals surface area contributed by atoms with Gasteiger partial charge in [0.1, 0.15) is 5.82 Å².